The van der Waals surface area contributed by atoms with Crippen LogP contribution >= 0.6 is 0 Å². The quantitative estimate of drug-likeness (QED) is 0.778. The van der Waals surface area contributed by atoms with Gasteiger partial charge < -0.3 is 4.74 Å². The molecule has 3 nitrogen and oxygen atoms in total. The Morgan fingerprint density at radius 3 is 2.38 bits per heavy atom. The Kier molecular flexibility index (Phi) is 5.22. The molecule has 0 spiro atoms. The third-order valence-electron chi connectivity index (χ3n) is 5.50. The number of fused-ring (bicyclic) bond motifs is 1. The number of benzene rings is 2. The summed E-state index contributed by atoms with van der Waals surface area (Å²) in [4.78, 5) is 6.08. The van der Waals surface area contributed by atoms with Crippen molar-refractivity contribution >= 4 is 0 Å². The van der Waals surface area contributed by atoms with Crippen LogP contribution in [0.5, 0.6) is 5.75 Å². The molecule has 0 radical (unpaired) electrons. The standard InChI is InChI=1S/C21H28NO2/c1-17-16-20-7-5-4-6-19(20)13-15-22(17,24-3)14-12-18-8-10-21(23-2)11-9-18/h4-11,17H,12-16H2,1-3H3/q+1. The van der Waals surface area contributed by atoms with Gasteiger partial charge in [0.15, 0.2) is 0 Å². The van der Waals surface area contributed by atoms with Crippen LogP contribution in [0.2, 0.25) is 0 Å². The maximum absolute atomic E-state index is 6.08. The van der Waals surface area contributed by atoms with Crippen molar-refractivity contribution in [2.75, 3.05) is 27.3 Å². The topological polar surface area (TPSA) is 18.5 Å². The van der Waals surface area contributed by atoms with Gasteiger partial charge in [-0.05, 0) is 35.7 Å². The van der Waals surface area contributed by atoms with E-state index in [4.69, 9.17) is 9.57 Å². The average Bonchev–Trinajstić information content (AvgIpc) is 2.77. The number of quaternary nitrogens is 1. The summed E-state index contributed by atoms with van der Waals surface area (Å²) in [5.74, 6) is 0.910. The summed E-state index contributed by atoms with van der Waals surface area (Å²) in [5, 5.41) is 0. The highest BCUT2D eigenvalue weighted by Crippen LogP contribution is 2.27. The molecule has 2 aromatic carbocycles. The lowest BCUT2D eigenvalue weighted by molar-refractivity contribution is -1.12. The molecule has 1 aliphatic heterocycles. The molecule has 24 heavy (non-hydrogen) atoms. The van der Waals surface area contributed by atoms with Crippen LogP contribution in [0.25, 0.3) is 0 Å². The Morgan fingerprint density at radius 1 is 1.00 bits per heavy atom. The molecule has 1 aliphatic rings. The van der Waals surface area contributed by atoms with Crippen LogP contribution in [-0.2, 0) is 24.1 Å². The minimum absolute atomic E-state index is 0.455. The first-order valence-corrected chi connectivity index (χ1v) is 8.79. The van der Waals surface area contributed by atoms with Crippen molar-refractivity contribution in [2.24, 2.45) is 0 Å². The molecule has 1 heterocycles. The monoisotopic (exact) mass is 326 g/mol. The fourth-order valence-electron chi connectivity index (χ4n) is 3.82. The Morgan fingerprint density at radius 2 is 1.71 bits per heavy atom. The molecule has 0 saturated heterocycles. The van der Waals surface area contributed by atoms with Gasteiger partial charge in [0.1, 0.15) is 24.9 Å². The molecule has 0 aliphatic carbocycles. The van der Waals surface area contributed by atoms with Gasteiger partial charge in [-0.15, -0.1) is 0 Å². The summed E-state index contributed by atoms with van der Waals surface area (Å²) in [6.07, 6.45) is 3.17. The summed E-state index contributed by atoms with van der Waals surface area (Å²) >= 11 is 0. The third kappa shape index (κ3) is 3.47. The van der Waals surface area contributed by atoms with Crippen LogP contribution in [-0.4, -0.2) is 38.0 Å². The highest BCUT2D eigenvalue weighted by atomic mass is 16.7. The maximum atomic E-state index is 6.08. The van der Waals surface area contributed by atoms with E-state index in [-0.39, 0.29) is 0 Å². The summed E-state index contributed by atoms with van der Waals surface area (Å²) in [7, 11) is 3.57. The zero-order valence-electron chi connectivity index (χ0n) is 15.0. The predicted octanol–water partition coefficient (Wildman–Crippen LogP) is 3.80. The molecule has 3 rings (SSSR count). The summed E-state index contributed by atoms with van der Waals surface area (Å²) in [6.45, 7) is 4.35. The molecule has 0 N–H and O–H groups in total. The molecule has 2 unspecified atom stereocenters. The molecule has 0 saturated carbocycles. The second kappa shape index (κ2) is 7.37. The Labute approximate surface area is 145 Å². The van der Waals surface area contributed by atoms with Crippen LogP contribution in [0.4, 0.5) is 0 Å². The van der Waals surface area contributed by atoms with Crippen molar-refractivity contribution in [1.29, 1.82) is 0 Å². The fourth-order valence-corrected chi connectivity index (χ4v) is 3.82. The van der Waals surface area contributed by atoms with E-state index >= 15 is 0 Å². The van der Waals surface area contributed by atoms with Crippen LogP contribution < -0.4 is 4.74 Å². The molecule has 3 heteroatoms. The summed E-state index contributed by atoms with van der Waals surface area (Å²) < 4.78 is 5.97. The molecular formula is C21H28NO2+. The van der Waals surface area contributed by atoms with E-state index in [1.165, 1.54) is 16.7 Å². The van der Waals surface area contributed by atoms with E-state index in [9.17, 15) is 0 Å². The van der Waals surface area contributed by atoms with E-state index < -0.39 is 0 Å². The fraction of sp³-hybridized carbons (Fsp3) is 0.429. The number of methoxy groups -OCH3 is 1. The second-order valence-electron chi connectivity index (χ2n) is 6.75. The number of hydroxylamine groups is 3. The molecular weight excluding hydrogens is 298 g/mol. The van der Waals surface area contributed by atoms with Gasteiger partial charge in [0.05, 0.1) is 14.2 Å². The average molecular weight is 326 g/mol. The van der Waals surface area contributed by atoms with E-state index in [1.54, 1.807) is 7.11 Å². The second-order valence-corrected chi connectivity index (χ2v) is 6.75. The number of nitrogens with zero attached hydrogens (tertiary/aromatic N) is 1. The van der Waals surface area contributed by atoms with Gasteiger partial charge in [-0.1, -0.05) is 36.4 Å². The molecule has 0 amide bonds. The van der Waals surface area contributed by atoms with E-state index in [0.29, 0.717) is 6.04 Å². The van der Waals surface area contributed by atoms with Crippen molar-refractivity contribution in [3.63, 3.8) is 0 Å². The summed E-state index contributed by atoms with van der Waals surface area (Å²) in [5.41, 5.74) is 4.29. The molecule has 2 atom stereocenters. The lowest BCUT2D eigenvalue weighted by atomic mass is 10.0. The molecule has 2 aromatic rings. The Bertz CT molecular complexity index is 668. The van der Waals surface area contributed by atoms with Crippen molar-refractivity contribution in [3.05, 3.63) is 65.2 Å². The number of ether oxygens (including phenoxy) is 1. The van der Waals surface area contributed by atoms with E-state index in [1.807, 2.05) is 19.2 Å². The molecule has 0 fully saturated rings. The highest BCUT2D eigenvalue weighted by Gasteiger charge is 2.37. The zero-order chi connectivity index (χ0) is 17.0. The maximum Gasteiger partial charge on any atom is 0.120 e. The van der Waals surface area contributed by atoms with Crippen LogP contribution in [0.1, 0.15) is 23.6 Å². The predicted molar refractivity (Wildman–Crippen MR) is 97.0 cm³/mol. The van der Waals surface area contributed by atoms with Crippen LogP contribution in [0, 0.1) is 0 Å². The van der Waals surface area contributed by atoms with Gasteiger partial charge in [-0.3, -0.25) is 0 Å². The van der Waals surface area contributed by atoms with Gasteiger partial charge in [0, 0.05) is 19.3 Å². The zero-order valence-corrected chi connectivity index (χ0v) is 15.0. The smallest absolute Gasteiger partial charge is 0.120 e. The van der Waals surface area contributed by atoms with Crippen molar-refractivity contribution in [2.45, 2.75) is 32.2 Å². The first-order valence-electron chi connectivity index (χ1n) is 8.79. The van der Waals surface area contributed by atoms with Gasteiger partial charge >= 0.3 is 0 Å². The highest BCUT2D eigenvalue weighted by molar-refractivity contribution is 5.29. The minimum atomic E-state index is 0.455. The van der Waals surface area contributed by atoms with Crippen molar-refractivity contribution in [1.82, 2.24) is 0 Å². The van der Waals surface area contributed by atoms with E-state index in [2.05, 4.69) is 43.3 Å². The summed E-state index contributed by atoms with van der Waals surface area (Å²) in [6, 6.07) is 17.7. The Balaban J connectivity index is 1.73. The van der Waals surface area contributed by atoms with Gasteiger partial charge in [-0.25, -0.2) is 4.84 Å². The number of hydrogen-bond donors (Lipinski definition) is 0. The molecule has 0 bridgehead atoms. The van der Waals surface area contributed by atoms with E-state index in [0.717, 1.165) is 42.7 Å². The van der Waals surface area contributed by atoms with Crippen LogP contribution in [0.15, 0.2) is 48.5 Å². The Hall–Kier alpha value is -1.84. The molecule has 0 aromatic heterocycles. The van der Waals surface area contributed by atoms with Gasteiger partial charge in [0.25, 0.3) is 0 Å². The normalized spacial score (nSPS) is 23.4. The van der Waals surface area contributed by atoms with Gasteiger partial charge in [0.2, 0.25) is 0 Å². The first-order chi connectivity index (χ1) is 11.7. The third-order valence-corrected chi connectivity index (χ3v) is 5.50. The van der Waals surface area contributed by atoms with Crippen molar-refractivity contribution in [3.8, 4) is 5.75 Å². The van der Waals surface area contributed by atoms with Gasteiger partial charge in [-0.2, -0.15) is 4.65 Å². The molecule has 128 valence electrons. The SMILES string of the molecule is COc1ccc(CC[N+]2(OC)CCc3ccccc3CC2C)cc1. The first kappa shape index (κ1) is 17.0. The van der Waals surface area contributed by atoms with Crippen LogP contribution in [0.3, 0.4) is 0 Å². The minimum Gasteiger partial charge on any atom is -0.497 e. The lowest BCUT2D eigenvalue weighted by Gasteiger charge is -2.38. The number of rotatable bonds is 5. The largest absolute Gasteiger partial charge is 0.497 e. The number of hydrogen-bond acceptors (Lipinski definition) is 2. The van der Waals surface area contributed by atoms with Crippen molar-refractivity contribution < 1.29 is 14.2 Å². The lowest BCUT2D eigenvalue weighted by Crippen LogP contribution is -2.55.